The standard InChI is InChI=1S/C15H26O3/c16-13-9-14(18-11-12-5-8-17-10-12)15(13)6-3-1-2-4-7-15/h12-14,16H,1-11H2. The van der Waals surface area contributed by atoms with Gasteiger partial charge in [-0.15, -0.1) is 0 Å². The Morgan fingerprint density at radius 2 is 1.94 bits per heavy atom. The van der Waals surface area contributed by atoms with Crippen LogP contribution in [0.3, 0.4) is 0 Å². The van der Waals surface area contributed by atoms with E-state index in [0.717, 1.165) is 32.7 Å². The Morgan fingerprint density at radius 3 is 2.56 bits per heavy atom. The molecule has 0 aromatic carbocycles. The summed E-state index contributed by atoms with van der Waals surface area (Å²) >= 11 is 0. The second-order valence-electron chi connectivity index (χ2n) is 6.45. The summed E-state index contributed by atoms with van der Waals surface area (Å²) in [6.07, 6.45) is 9.73. The van der Waals surface area contributed by atoms with Gasteiger partial charge < -0.3 is 14.6 Å². The molecule has 3 rings (SSSR count). The van der Waals surface area contributed by atoms with Gasteiger partial charge in [-0.3, -0.25) is 0 Å². The predicted octanol–water partition coefficient (Wildman–Crippen LogP) is 2.51. The van der Waals surface area contributed by atoms with Crippen LogP contribution in [0.5, 0.6) is 0 Å². The molecule has 2 aliphatic carbocycles. The summed E-state index contributed by atoms with van der Waals surface area (Å²) in [5.41, 5.74) is 0.107. The van der Waals surface area contributed by atoms with Crippen LogP contribution >= 0.6 is 0 Å². The molecule has 3 unspecified atom stereocenters. The Labute approximate surface area is 110 Å². The van der Waals surface area contributed by atoms with Gasteiger partial charge in [0.05, 0.1) is 25.4 Å². The lowest BCUT2D eigenvalue weighted by molar-refractivity contribution is -0.202. The predicted molar refractivity (Wildman–Crippen MR) is 69.4 cm³/mol. The number of hydrogen-bond donors (Lipinski definition) is 1. The first-order valence-corrected chi connectivity index (χ1v) is 7.69. The average molecular weight is 254 g/mol. The Balaban J connectivity index is 1.54. The van der Waals surface area contributed by atoms with Crippen molar-refractivity contribution >= 4 is 0 Å². The third-order valence-corrected chi connectivity index (χ3v) is 5.33. The minimum Gasteiger partial charge on any atom is -0.392 e. The smallest absolute Gasteiger partial charge is 0.0681 e. The third kappa shape index (κ3) is 2.33. The number of aliphatic hydroxyl groups excluding tert-OH is 1. The van der Waals surface area contributed by atoms with Crippen LogP contribution in [0.15, 0.2) is 0 Å². The van der Waals surface area contributed by atoms with E-state index < -0.39 is 0 Å². The molecule has 3 nitrogen and oxygen atoms in total. The molecule has 0 radical (unpaired) electrons. The minimum absolute atomic E-state index is 0.107. The molecule has 3 fully saturated rings. The molecule has 2 saturated carbocycles. The van der Waals surface area contributed by atoms with E-state index in [1.807, 2.05) is 0 Å². The Morgan fingerprint density at radius 1 is 1.17 bits per heavy atom. The average Bonchev–Trinajstić information content (AvgIpc) is 2.75. The van der Waals surface area contributed by atoms with E-state index in [2.05, 4.69) is 0 Å². The summed E-state index contributed by atoms with van der Waals surface area (Å²) in [5.74, 6) is 0.588. The molecule has 1 aliphatic heterocycles. The fourth-order valence-electron chi connectivity index (χ4n) is 3.97. The van der Waals surface area contributed by atoms with E-state index in [9.17, 15) is 5.11 Å². The highest BCUT2D eigenvalue weighted by molar-refractivity contribution is 5.04. The molecule has 18 heavy (non-hydrogen) atoms. The van der Waals surface area contributed by atoms with Crippen LogP contribution in [0.4, 0.5) is 0 Å². The summed E-state index contributed by atoms with van der Waals surface area (Å²) in [4.78, 5) is 0. The monoisotopic (exact) mass is 254 g/mol. The van der Waals surface area contributed by atoms with Crippen molar-refractivity contribution in [3.63, 3.8) is 0 Å². The number of rotatable bonds is 3. The SMILES string of the molecule is OC1CC(OCC2CCOC2)C12CCCCCC2. The minimum atomic E-state index is -0.111. The topological polar surface area (TPSA) is 38.7 Å². The summed E-state index contributed by atoms with van der Waals surface area (Å²) in [7, 11) is 0. The molecule has 104 valence electrons. The van der Waals surface area contributed by atoms with Gasteiger partial charge in [0.25, 0.3) is 0 Å². The molecule has 1 saturated heterocycles. The van der Waals surface area contributed by atoms with Crippen LogP contribution in [0.1, 0.15) is 51.4 Å². The fraction of sp³-hybridized carbons (Fsp3) is 1.00. The summed E-state index contributed by atoms with van der Waals surface area (Å²) < 4.78 is 11.5. The second-order valence-corrected chi connectivity index (χ2v) is 6.45. The van der Waals surface area contributed by atoms with Crippen molar-refractivity contribution in [3.8, 4) is 0 Å². The maximum absolute atomic E-state index is 10.2. The molecule has 1 spiro atoms. The highest BCUT2D eigenvalue weighted by atomic mass is 16.5. The molecule has 0 aromatic rings. The lowest BCUT2D eigenvalue weighted by Gasteiger charge is -2.53. The van der Waals surface area contributed by atoms with Crippen molar-refractivity contribution in [1.82, 2.24) is 0 Å². The largest absolute Gasteiger partial charge is 0.392 e. The first-order valence-electron chi connectivity index (χ1n) is 7.69. The lowest BCUT2D eigenvalue weighted by atomic mass is 9.59. The van der Waals surface area contributed by atoms with Crippen molar-refractivity contribution < 1.29 is 14.6 Å². The van der Waals surface area contributed by atoms with Crippen LogP contribution in [0.25, 0.3) is 0 Å². The maximum Gasteiger partial charge on any atom is 0.0681 e. The van der Waals surface area contributed by atoms with E-state index in [-0.39, 0.29) is 11.5 Å². The summed E-state index contributed by atoms with van der Waals surface area (Å²) in [6.45, 7) is 2.59. The van der Waals surface area contributed by atoms with E-state index in [4.69, 9.17) is 9.47 Å². The molecule has 3 atom stereocenters. The molecule has 3 aliphatic rings. The molecular weight excluding hydrogens is 228 g/mol. The van der Waals surface area contributed by atoms with E-state index in [0.29, 0.717) is 12.0 Å². The van der Waals surface area contributed by atoms with Gasteiger partial charge in [0.15, 0.2) is 0 Å². The molecular formula is C15H26O3. The fourth-order valence-corrected chi connectivity index (χ4v) is 3.97. The zero-order chi connectivity index (χ0) is 12.4. The Hall–Kier alpha value is -0.120. The maximum atomic E-state index is 10.2. The molecule has 1 heterocycles. The first-order chi connectivity index (χ1) is 8.81. The second kappa shape index (κ2) is 5.48. The van der Waals surface area contributed by atoms with Gasteiger partial charge in [-0.05, 0) is 19.3 Å². The zero-order valence-corrected chi connectivity index (χ0v) is 11.3. The highest BCUT2D eigenvalue weighted by Gasteiger charge is 2.54. The quantitative estimate of drug-likeness (QED) is 0.841. The zero-order valence-electron chi connectivity index (χ0n) is 11.3. The van der Waals surface area contributed by atoms with Crippen molar-refractivity contribution in [2.45, 2.75) is 63.6 Å². The normalized spacial score (nSPS) is 39.5. The van der Waals surface area contributed by atoms with Crippen LogP contribution < -0.4 is 0 Å². The van der Waals surface area contributed by atoms with Crippen LogP contribution in [0, 0.1) is 11.3 Å². The van der Waals surface area contributed by atoms with Crippen LogP contribution in [-0.2, 0) is 9.47 Å². The lowest BCUT2D eigenvalue weighted by Crippen LogP contribution is -2.58. The van der Waals surface area contributed by atoms with Gasteiger partial charge in [-0.2, -0.15) is 0 Å². The number of aliphatic hydroxyl groups is 1. The Kier molecular flexibility index (Phi) is 3.92. The van der Waals surface area contributed by atoms with Crippen molar-refractivity contribution in [1.29, 1.82) is 0 Å². The van der Waals surface area contributed by atoms with Crippen LogP contribution in [-0.4, -0.2) is 37.1 Å². The highest BCUT2D eigenvalue weighted by Crippen LogP contribution is 2.52. The third-order valence-electron chi connectivity index (χ3n) is 5.33. The molecule has 3 heteroatoms. The summed E-state index contributed by atoms with van der Waals surface area (Å²) in [6, 6.07) is 0. The number of hydrogen-bond acceptors (Lipinski definition) is 3. The van der Waals surface area contributed by atoms with Crippen molar-refractivity contribution in [3.05, 3.63) is 0 Å². The van der Waals surface area contributed by atoms with E-state index in [1.54, 1.807) is 0 Å². The van der Waals surface area contributed by atoms with Gasteiger partial charge >= 0.3 is 0 Å². The van der Waals surface area contributed by atoms with Crippen LogP contribution in [0.2, 0.25) is 0 Å². The first kappa shape index (κ1) is 12.9. The molecule has 1 N–H and O–H groups in total. The molecule has 0 bridgehead atoms. The van der Waals surface area contributed by atoms with E-state index in [1.165, 1.54) is 38.5 Å². The molecule has 0 amide bonds. The van der Waals surface area contributed by atoms with Gasteiger partial charge in [0.2, 0.25) is 0 Å². The van der Waals surface area contributed by atoms with Gasteiger partial charge in [-0.1, -0.05) is 25.7 Å². The Bertz CT molecular complexity index is 265. The van der Waals surface area contributed by atoms with Gasteiger partial charge in [-0.25, -0.2) is 0 Å². The van der Waals surface area contributed by atoms with Crippen molar-refractivity contribution in [2.24, 2.45) is 11.3 Å². The van der Waals surface area contributed by atoms with E-state index >= 15 is 0 Å². The van der Waals surface area contributed by atoms with Crippen molar-refractivity contribution in [2.75, 3.05) is 19.8 Å². The van der Waals surface area contributed by atoms with Gasteiger partial charge in [0, 0.05) is 24.4 Å². The summed E-state index contributed by atoms with van der Waals surface area (Å²) in [5, 5.41) is 10.2. The number of ether oxygens (including phenoxy) is 2. The van der Waals surface area contributed by atoms with Gasteiger partial charge in [0.1, 0.15) is 0 Å². The molecule has 0 aromatic heterocycles.